The van der Waals surface area contributed by atoms with E-state index in [1.807, 2.05) is 0 Å². The lowest BCUT2D eigenvalue weighted by molar-refractivity contribution is 0.334. The zero-order valence-corrected chi connectivity index (χ0v) is 12.8. The average Bonchev–Trinajstić information content (AvgIpc) is 3.14. The van der Waals surface area contributed by atoms with Gasteiger partial charge < -0.3 is 10.2 Å². The van der Waals surface area contributed by atoms with Gasteiger partial charge in [0.25, 0.3) is 0 Å². The van der Waals surface area contributed by atoms with Crippen molar-refractivity contribution in [1.82, 2.24) is 10.2 Å². The molecule has 0 atom stereocenters. The molecule has 2 nitrogen and oxygen atoms in total. The molecule has 0 radical (unpaired) electrons. The summed E-state index contributed by atoms with van der Waals surface area (Å²) in [6.07, 6.45) is 4.64. The highest BCUT2D eigenvalue weighted by Gasteiger charge is 2.29. The Hall–Kier alpha value is -0.470. The first kappa shape index (κ1) is 15.6. The molecule has 1 N–H and O–H groups in total. The van der Waals surface area contributed by atoms with Gasteiger partial charge in [0.2, 0.25) is 0 Å². The second kappa shape index (κ2) is 7.85. The molecule has 3 heteroatoms. The minimum Gasteiger partial charge on any atom is -0.372 e. The molecule has 0 aromatic carbocycles. The number of hydrogen-bond acceptors (Lipinski definition) is 2. The summed E-state index contributed by atoms with van der Waals surface area (Å²) in [5.41, 5.74) is 2.96. The molecule has 0 unspecified atom stereocenters. The van der Waals surface area contributed by atoms with E-state index in [1.54, 1.807) is 0 Å². The zero-order valence-electron chi connectivity index (χ0n) is 12.1. The Morgan fingerprint density at radius 3 is 2.50 bits per heavy atom. The Kier molecular flexibility index (Phi) is 6.80. The molecule has 1 saturated carbocycles. The van der Waals surface area contributed by atoms with Gasteiger partial charge in [-0.3, -0.25) is 0 Å². The maximum Gasteiger partial charge on any atom is 0.0288 e. The van der Waals surface area contributed by atoms with Gasteiger partial charge in [-0.2, -0.15) is 0 Å². The van der Waals surface area contributed by atoms with Crippen LogP contribution in [-0.4, -0.2) is 30.6 Å². The van der Waals surface area contributed by atoms with Gasteiger partial charge in [0, 0.05) is 36.3 Å². The van der Waals surface area contributed by atoms with E-state index < -0.39 is 0 Å². The van der Waals surface area contributed by atoms with Crippen molar-refractivity contribution in [2.45, 2.75) is 52.5 Å². The summed E-state index contributed by atoms with van der Waals surface area (Å²) in [6.45, 7) is 13.5. The molecule has 104 valence electrons. The maximum absolute atomic E-state index is 5.90. The van der Waals surface area contributed by atoms with Crippen molar-refractivity contribution in [2.75, 3.05) is 19.6 Å². The van der Waals surface area contributed by atoms with Crippen molar-refractivity contribution in [2.24, 2.45) is 0 Å². The van der Waals surface area contributed by atoms with Crippen LogP contribution in [-0.2, 0) is 0 Å². The molecule has 0 heterocycles. The molecule has 0 amide bonds. The highest BCUT2D eigenvalue weighted by molar-refractivity contribution is 6.29. The van der Waals surface area contributed by atoms with E-state index in [4.69, 9.17) is 11.6 Å². The lowest BCUT2D eigenvalue weighted by atomic mass is 10.1. The fourth-order valence-corrected chi connectivity index (χ4v) is 2.32. The fourth-order valence-electron chi connectivity index (χ4n) is 2.24. The Morgan fingerprint density at radius 1 is 1.39 bits per heavy atom. The zero-order chi connectivity index (χ0) is 13.5. The van der Waals surface area contributed by atoms with Crippen molar-refractivity contribution < 1.29 is 0 Å². The molecule has 1 aliphatic carbocycles. The molecule has 1 aliphatic rings. The van der Waals surface area contributed by atoms with E-state index in [2.05, 4.69) is 37.6 Å². The number of halogens is 1. The minimum atomic E-state index is 0.740. The molecule has 1 fully saturated rings. The second-order valence-electron chi connectivity index (χ2n) is 5.01. The molecular weight excluding hydrogens is 244 g/mol. The smallest absolute Gasteiger partial charge is 0.0288 e. The number of nitrogens with zero attached hydrogens (tertiary/aromatic N) is 1. The van der Waals surface area contributed by atoms with Crippen LogP contribution in [0.4, 0.5) is 0 Å². The Labute approximate surface area is 117 Å². The average molecular weight is 271 g/mol. The third kappa shape index (κ3) is 5.03. The van der Waals surface area contributed by atoms with E-state index >= 15 is 0 Å². The highest BCUT2D eigenvalue weighted by Crippen LogP contribution is 2.32. The first-order chi connectivity index (χ1) is 8.60. The number of nitrogens with one attached hydrogen (secondary N) is 1. The summed E-state index contributed by atoms with van der Waals surface area (Å²) in [4.78, 5) is 2.53. The van der Waals surface area contributed by atoms with Gasteiger partial charge in [0.05, 0.1) is 0 Å². The largest absolute Gasteiger partial charge is 0.372 e. The quantitative estimate of drug-likeness (QED) is 0.684. The number of allylic oxidation sites excluding steroid dienone is 1. The first-order valence-electron chi connectivity index (χ1n) is 7.09. The molecule has 0 aromatic rings. The van der Waals surface area contributed by atoms with E-state index in [9.17, 15) is 0 Å². The van der Waals surface area contributed by atoms with Crippen molar-refractivity contribution in [3.8, 4) is 0 Å². The molecule has 18 heavy (non-hydrogen) atoms. The van der Waals surface area contributed by atoms with Gasteiger partial charge in [0.1, 0.15) is 0 Å². The predicted molar refractivity (Wildman–Crippen MR) is 80.9 cm³/mol. The number of rotatable bonds is 9. The van der Waals surface area contributed by atoms with Crippen LogP contribution in [0.3, 0.4) is 0 Å². The fraction of sp³-hybridized carbons (Fsp3) is 0.733. The Bertz CT molecular complexity index is 306. The van der Waals surface area contributed by atoms with Gasteiger partial charge >= 0.3 is 0 Å². The van der Waals surface area contributed by atoms with Crippen molar-refractivity contribution >= 4 is 11.6 Å². The first-order valence-corrected chi connectivity index (χ1v) is 7.47. The lowest BCUT2D eigenvalue weighted by Crippen LogP contribution is -2.28. The molecule has 0 aliphatic heterocycles. The summed E-state index contributed by atoms with van der Waals surface area (Å²) in [6, 6.07) is 0.740. The monoisotopic (exact) mass is 270 g/mol. The third-order valence-electron chi connectivity index (χ3n) is 3.57. The standard InChI is InChI=1S/C15H27ClN2/c1-5-14(11-17-6-2)13(4)18(15-7-8-15)10-9-12(3)16/h15,17H,3,5-11H2,1-2,4H3/b14-13-. The highest BCUT2D eigenvalue weighted by atomic mass is 35.5. The van der Waals surface area contributed by atoms with E-state index in [-0.39, 0.29) is 0 Å². The van der Waals surface area contributed by atoms with Crippen LogP contribution < -0.4 is 5.32 Å². The van der Waals surface area contributed by atoms with Crippen LogP contribution in [0.2, 0.25) is 0 Å². The molecule has 1 rings (SSSR count). The molecule has 0 saturated heterocycles. The van der Waals surface area contributed by atoms with Gasteiger partial charge in [-0.1, -0.05) is 32.0 Å². The minimum absolute atomic E-state index is 0.740. The SMILES string of the molecule is C=C(Cl)CCN(/C(C)=C(/CC)CNCC)C1CC1. The Morgan fingerprint density at radius 2 is 2.06 bits per heavy atom. The lowest BCUT2D eigenvalue weighted by Gasteiger charge is -2.28. The maximum atomic E-state index is 5.90. The van der Waals surface area contributed by atoms with Crippen molar-refractivity contribution in [3.05, 3.63) is 22.9 Å². The van der Waals surface area contributed by atoms with Crippen LogP contribution in [0.25, 0.3) is 0 Å². The Balaban J connectivity index is 2.68. The molecular formula is C15H27ClN2. The molecule has 0 aromatic heterocycles. The number of likely N-dealkylation sites (N-methyl/N-ethyl adjacent to an activating group) is 1. The van der Waals surface area contributed by atoms with Crippen LogP contribution >= 0.6 is 11.6 Å². The van der Waals surface area contributed by atoms with Crippen LogP contribution in [0, 0.1) is 0 Å². The van der Waals surface area contributed by atoms with Crippen LogP contribution in [0.15, 0.2) is 22.9 Å². The second-order valence-corrected chi connectivity index (χ2v) is 5.55. The van der Waals surface area contributed by atoms with Gasteiger partial charge in [-0.15, -0.1) is 0 Å². The van der Waals surface area contributed by atoms with Gasteiger partial charge in [0.15, 0.2) is 0 Å². The van der Waals surface area contributed by atoms with Crippen molar-refractivity contribution in [3.63, 3.8) is 0 Å². The van der Waals surface area contributed by atoms with Crippen molar-refractivity contribution in [1.29, 1.82) is 0 Å². The summed E-state index contributed by atoms with van der Waals surface area (Å²) >= 11 is 5.90. The summed E-state index contributed by atoms with van der Waals surface area (Å²) in [5, 5.41) is 4.19. The topological polar surface area (TPSA) is 15.3 Å². The predicted octanol–water partition coefficient (Wildman–Crippen LogP) is 3.89. The summed E-state index contributed by atoms with van der Waals surface area (Å²) < 4.78 is 0. The normalized spacial score (nSPS) is 16.4. The van der Waals surface area contributed by atoms with Crippen LogP contribution in [0.5, 0.6) is 0 Å². The third-order valence-corrected chi connectivity index (χ3v) is 3.76. The van der Waals surface area contributed by atoms with Crippen LogP contribution in [0.1, 0.15) is 46.5 Å². The number of hydrogen-bond donors (Lipinski definition) is 1. The molecule has 0 bridgehead atoms. The van der Waals surface area contributed by atoms with E-state index in [0.717, 1.165) is 43.6 Å². The summed E-state index contributed by atoms with van der Waals surface area (Å²) in [7, 11) is 0. The van der Waals surface area contributed by atoms with Gasteiger partial charge in [-0.25, -0.2) is 0 Å². The van der Waals surface area contributed by atoms with E-state index in [1.165, 1.54) is 24.1 Å². The molecule has 0 spiro atoms. The van der Waals surface area contributed by atoms with E-state index in [0.29, 0.717) is 0 Å². The summed E-state index contributed by atoms with van der Waals surface area (Å²) in [5.74, 6) is 0. The van der Waals surface area contributed by atoms with Gasteiger partial charge in [-0.05, 0) is 38.3 Å².